The fourth-order valence-electron chi connectivity index (χ4n) is 3.69. The molecule has 8 heteroatoms. The fraction of sp³-hybridized carbons (Fsp3) is 0.276. The van der Waals surface area contributed by atoms with Crippen LogP contribution >= 0.6 is 11.8 Å². The summed E-state index contributed by atoms with van der Waals surface area (Å²) in [6, 6.07) is 19.9. The van der Waals surface area contributed by atoms with Gasteiger partial charge < -0.3 is 4.90 Å². The summed E-state index contributed by atoms with van der Waals surface area (Å²) in [4.78, 5) is 24.7. The maximum absolute atomic E-state index is 12.7. The summed E-state index contributed by atoms with van der Waals surface area (Å²) in [5, 5.41) is 13.8. The van der Waals surface area contributed by atoms with E-state index in [1.165, 1.54) is 10.7 Å². The van der Waals surface area contributed by atoms with Gasteiger partial charge in [-0.05, 0) is 83.2 Å². The maximum Gasteiger partial charge on any atom is 0.267 e. The van der Waals surface area contributed by atoms with Gasteiger partial charge in [-0.25, -0.2) is 14.7 Å². The number of hydrogen-bond donors (Lipinski definition) is 0. The van der Waals surface area contributed by atoms with Gasteiger partial charge in [-0.15, -0.1) is 11.8 Å². The van der Waals surface area contributed by atoms with Crippen LogP contribution in [0.1, 0.15) is 43.0 Å². The second-order valence-corrected chi connectivity index (χ2v) is 10.2. The second-order valence-electron chi connectivity index (χ2n) is 8.85. The summed E-state index contributed by atoms with van der Waals surface area (Å²) >= 11 is 1.78. The number of aliphatic imine (C=N–C) groups is 2. The monoisotopic (exact) mass is 512 g/mol. The molecule has 0 saturated heterocycles. The lowest BCUT2D eigenvalue weighted by Crippen LogP contribution is -2.26. The van der Waals surface area contributed by atoms with E-state index >= 15 is 0 Å². The average Bonchev–Trinajstić information content (AvgIpc) is 2.91. The minimum atomic E-state index is -0.331. The predicted octanol–water partition coefficient (Wildman–Crippen LogP) is 5.38. The Morgan fingerprint density at radius 2 is 2.00 bits per heavy atom. The van der Waals surface area contributed by atoms with Crippen LogP contribution in [0.15, 0.2) is 86.5 Å². The smallest absolute Gasteiger partial charge is 0.267 e. The molecule has 3 aromatic rings. The molecule has 37 heavy (non-hydrogen) atoms. The molecule has 190 valence electrons. The lowest BCUT2D eigenvalue weighted by molar-refractivity contribution is 0.410. The Hall–Kier alpha value is -3.80. The van der Waals surface area contributed by atoms with Gasteiger partial charge in [0.2, 0.25) is 0 Å². The number of aromatic nitrogens is 2. The second kappa shape index (κ2) is 13.5. The van der Waals surface area contributed by atoms with Crippen molar-refractivity contribution >= 4 is 24.3 Å². The van der Waals surface area contributed by atoms with Crippen LogP contribution in [-0.4, -0.2) is 53.6 Å². The van der Waals surface area contributed by atoms with Crippen LogP contribution in [0.4, 0.5) is 0 Å². The van der Waals surface area contributed by atoms with Crippen LogP contribution in [0.2, 0.25) is 0 Å². The molecule has 0 fully saturated rings. The van der Waals surface area contributed by atoms with Gasteiger partial charge in [0.25, 0.3) is 5.56 Å². The standard InChI is InChI=1S/C29H32N6OS/c1-21(37-16-8-15-34(4)5)20-32-29(31-3)26-12-7-10-24(18-26)22(2)35-28(36)14-13-27(33-35)25-11-6-9-23(17-25)19-30/h6-7,9-14,17-18,20,22H,3,8,15-16H2,1-2,4-5H3/b21-20+,32-29?. The molecule has 1 unspecified atom stereocenters. The normalized spacial score (nSPS) is 12.9. The summed E-state index contributed by atoms with van der Waals surface area (Å²) in [5.41, 5.74) is 3.44. The van der Waals surface area contributed by atoms with E-state index < -0.39 is 0 Å². The summed E-state index contributed by atoms with van der Waals surface area (Å²) in [6.07, 6.45) is 2.93. The largest absolute Gasteiger partial charge is 0.309 e. The Morgan fingerprint density at radius 1 is 1.22 bits per heavy atom. The van der Waals surface area contributed by atoms with Crippen molar-refractivity contribution in [2.24, 2.45) is 9.98 Å². The zero-order valence-electron chi connectivity index (χ0n) is 21.8. The number of hydrogen-bond acceptors (Lipinski definition) is 6. The van der Waals surface area contributed by atoms with E-state index in [0.29, 0.717) is 17.1 Å². The SMILES string of the molecule is C=NC(=N/C=C(\C)SCCCN(C)C)c1cccc(C(C)n2nc(-c3cccc(C#N)c3)ccc2=O)c1. The molecule has 1 atom stereocenters. The van der Waals surface area contributed by atoms with Gasteiger partial charge in [0.15, 0.2) is 5.84 Å². The molecule has 0 saturated carbocycles. The zero-order valence-corrected chi connectivity index (χ0v) is 22.6. The molecule has 0 aliphatic heterocycles. The quantitative estimate of drug-likeness (QED) is 0.207. The van der Waals surface area contributed by atoms with Gasteiger partial charge in [-0.1, -0.05) is 30.3 Å². The van der Waals surface area contributed by atoms with Crippen molar-refractivity contribution in [3.63, 3.8) is 0 Å². The van der Waals surface area contributed by atoms with Crippen LogP contribution in [0.3, 0.4) is 0 Å². The lowest BCUT2D eigenvalue weighted by atomic mass is 10.0. The molecule has 0 radical (unpaired) electrons. The number of benzene rings is 2. The molecular weight excluding hydrogens is 480 g/mol. The first-order chi connectivity index (χ1) is 17.8. The van der Waals surface area contributed by atoms with Crippen LogP contribution in [0.5, 0.6) is 0 Å². The van der Waals surface area contributed by atoms with Crippen molar-refractivity contribution < 1.29 is 0 Å². The van der Waals surface area contributed by atoms with Gasteiger partial charge in [-0.3, -0.25) is 4.79 Å². The highest BCUT2D eigenvalue weighted by molar-refractivity contribution is 8.03. The van der Waals surface area contributed by atoms with Gasteiger partial charge in [-0.2, -0.15) is 10.4 Å². The van der Waals surface area contributed by atoms with Gasteiger partial charge in [0.1, 0.15) is 0 Å². The Kier molecular flexibility index (Phi) is 10.1. The number of nitriles is 1. The van der Waals surface area contributed by atoms with E-state index in [-0.39, 0.29) is 11.6 Å². The van der Waals surface area contributed by atoms with E-state index in [1.807, 2.05) is 50.4 Å². The van der Waals surface area contributed by atoms with Crippen molar-refractivity contribution in [1.82, 2.24) is 14.7 Å². The third kappa shape index (κ3) is 7.84. The summed E-state index contributed by atoms with van der Waals surface area (Å²) in [6.45, 7) is 8.73. The lowest BCUT2D eigenvalue weighted by Gasteiger charge is -2.16. The Morgan fingerprint density at radius 3 is 2.73 bits per heavy atom. The number of rotatable bonds is 10. The van der Waals surface area contributed by atoms with E-state index in [1.54, 1.807) is 36.0 Å². The number of nitrogens with zero attached hydrogens (tertiary/aromatic N) is 6. The maximum atomic E-state index is 12.7. The topological polar surface area (TPSA) is 86.6 Å². The van der Waals surface area contributed by atoms with E-state index in [9.17, 15) is 10.1 Å². The third-order valence-corrected chi connectivity index (χ3v) is 6.76. The number of amidine groups is 1. The molecule has 0 aliphatic rings. The molecule has 7 nitrogen and oxygen atoms in total. The van der Waals surface area contributed by atoms with E-state index in [4.69, 9.17) is 0 Å². The molecule has 0 aliphatic carbocycles. The molecular formula is C29H32N6OS. The van der Waals surface area contributed by atoms with Gasteiger partial charge >= 0.3 is 0 Å². The van der Waals surface area contributed by atoms with Crippen molar-refractivity contribution in [3.05, 3.63) is 98.8 Å². The van der Waals surface area contributed by atoms with E-state index in [0.717, 1.165) is 40.3 Å². The van der Waals surface area contributed by atoms with Crippen molar-refractivity contribution in [2.45, 2.75) is 26.3 Å². The first-order valence-corrected chi connectivity index (χ1v) is 13.0. The van der Waals surface area contributed by atoms with Crippen molar-refractivity contribution in [2.75, 3.05) is 26.4 Å². The molecule has 2 aromatic carbocycles. The molecule has 3 rings (SSSR count). The molecule has 0 spiro atoms. The van der Waals surface area contributed by atoms with Crippen molar-refractivity contribution in [3.8, 4) is 17.3 Å². The molecule has 0 amide bonds. The fourth-order valence-corrected chi connectivity index (χ4v) is 4.42. The summed E-state index contributed by atoms with van der Waals surface area (Å²) in [7, 11) is 4.15. The average molecular weight is 513 g/mol. The van der Waals surface area contributed by atoms with E-state index in [2.05, 4.69) is 46.9 Å². The highest BCUT2D eigenvalue weighted by Crippen LogP contribution is 2.22. The highest BCUT2D eigenvalue weighted by Gasteiger charge is 2.14. The highest BCUT2D eigenvalue weighted by atomic mass is 32.2. The number of thioether (sulfide) groups is 1. The van der Waals surface area contributed by atoms with Crippen LogP contribution in [0, 0.1) is 11.3 Å². The van der Waals surface area contributed by atoms with Crippen LogP contribution < -0.4 is 5.56 Å². The first-order valence-electron chi connectivity index (χ1n) is 12.0. The molecule has 0 N–H and O–H groups in total. The Bertz CT molecular complexity index is 1400. The third-order valence-electron chi connectivity index (χ3n) is 5.70. The molecule has 0 bridgehead atoms. The van der Waals surface area contributed by atoms with Crippen LogP contribution in [-0.2, 0) is 0 Å². The van der Waals surface area contributed by atoms with Gasteiger partial charge in [0, 0.05) is 28.3 Å². The molecule has 1 heterocycles. The van der Waals surface area contributed by atoms with Crippen LogP contribution in [0.25, 0.3) is 11.3 Å². The first kappa shape index (κ1) is 27.8. The van der Waals surface area contributed by atoms with Gasteiger partial charge in [0.05, 0.1) is 23.4 Å². The zero-order chi connectivity index (χ0) is 26.8. The van der Waals surface area contributed by atoms with Crippen molar-refractivity contribution in [1.29, 1.82) is 5.26 Å². The summed E-state index contributed by atoms with van der Waals surface area (Å²) < 4.78 is 1.46. The minimum absolute atomic E-state index is 0.210. The minimum Gasteiger partial charge on any atom is -0.309 e. The number of allylic oxidation sites excluding steroid dienone is 1. The Labute approximate surface area is 222 Å². The molecule has 1 aromatic heterocycles. The summed E-state index contributed by atoms with van der Waals surface area (Å²) in [5.74, 6) is 1.55. The Balaban J connectivity index is 1.84. The predicted molar refractivity (Wildman–Crippen MR) is 154 cm³/mol.